The highest BCUT2D eigenvalue weighted by Gasteiger charge is 2.11. The van der Waals surface area contributed by atoms with Gasteiger partial charge in [0.1, 0.15) is 0 Å². The molecule has 0 aromatic carbocycles. The molecule has 1 atom stereocenters. The number of aryl methyl sites for hydroxylation is 2. The SMILES string of the molecule is Cc1cc(C)nc(SC(C)CC(=O)NN)n1. The first-order valence-electron chi connectivity index (χ1n) is 4.99. The van der Waals surface area contributed by atoms with Crippen LogP contribution in [0.5, 0.6) is 0 Å². The number of nitrogens with one attached hydrogen (secondary N) is 1. The van der Waals surface area contributed by atoms with Crippen molar-refractivity contribution in [3.63, 3.8) is 0 Å². The Labute approximate surface area is 99.2 Å². The van der Waals surface area contributed by atoms with Gasteiger partial charge < -0.3 is 0 Å². The molecule has 88 valence electrons. The zero-order valence-corrected chi connectivity index (χ0v) is 10.5. The van der Waals surface area contributed by atoms with Crippen molar-refractivity contribution in [3.8, 4) is 0 Å². The van der Waals surface area contributed by atoms with Crippen molar-refractivity contribution in [1.82, 2.24) is 15.4 Å². The van der Waals surface area contributed by atoms with Gasteiger partial charge in [-0.25, -0.2) is 15.8 Å². The molecule has 5 nitrogen and oxygen atoms in total. The van der Waals surface area contributed by atoms with Gasteiger partial charge in [-0.2, -0.15) is 0 Å². The number of hydrogen-bond acceptors (Lipinski definition) is 5. The molecule has 0 bridgehead atoms. The van der Waals surface area contributed by atoms with Gasteiger partial charge in [0.05, 0.1) is 0 Å². The molecule has 3 N–H and O–H groups in total. The second kappa shape index (κ2) is 5.81. The molecule has 1 aromatic heterocycles. The molecule has 1 aromatic rings. The van der Waals surface area contributed by atoms with Gasteiger partial charge in [0.2, 0.25) is 5.91 Å². The summed E-state index contributed by atoms with van der Waals surface area (Å²) in [4.78, 5) is 19.6. The van der Waals surface area contributed by atoms with Gasteiger partial charge in [0, 0.05) is 23.1 Å². The van der Waals surface area contributed by atoms with Crippen LogP contribution in [0.2, 0.25) is 0 Å². The van der Waals surface area contributed by atoms with E-state index in [0.29, 0.717) is 11.6 Å². The summed E-state index contributed by atoms with van der Waals surface area (Å²) in [5, 5.41) is 0.805. The summed E-state index contributed by atoms with van der Waals surface area (Å²) in [6.07, 6.45) is 0.359. The molecule has 1 rings (SSSR count). The maximum absolute atomic E-state index is 11.1. The number of rotatable bonds is 4. The van der Waals surface area contributed by atoms with E-state index in [1.807, 2.05) is 26.8 Å². The highest BCUT2D eigenvalue weighted by molar-refractivity contribution is 7.99. The van der Waals surface area contributed by atoms with Crippen molar-refractivity contribution >= 4 is 17.7 Å². The molecule has 16 heavy (non-hydrogen) atoms. The largest absolute Gasteiger partial charge is 0.294 e. The Bertz CT molecular complexity index is 363. The average Bonchev–Trinajstić information content (AvgIpc) is 2.15. The maximum Gasteiger partial charge on any atom is 0.234 e. The number of nitrogens with zero attached hydrogens (tertiary/aromatic N) is 2. The lowest BCUT2D eigenvalue weighted by atomic mass is 10.3. The van der Waals surface area contributed by atoms with E-state index < -0.39 is 0 Å². The second-order valence-electron chi connectivity index (χ2n) is 3.63. The summed E-state index contributed by atoms with van der Waals surface area (Å²) in [5.74, 6) is 4.85. The molecule has 6 heteroatoms. The molecule has 0 spiro atoms. The molecular formula is C10H16N4OS. The fourth-order valence-electron chi connectivity index (χ4n) is 1.29. The monoisotopic (exact) mass is 240 g/mol. The van der Waals surface area contributed by atoms with E-state index in [0.717, 1.165) is 11.4 Å². The van der Waals surface area contributed by atoms with Gasteiger partial charge in [0.15, 0.2) is 5.16 Å². The van der Waals surface area contributed by atoms with Crippen LogP contribution < -0.4 is 11.3 Å². The number of carbonyl (C=O) groups excluding carboxylic acids is 1. The van der Waals surface area contributed by atoms with E-state index in [1.165, 1.54) is 11.8 Å². The molecule has 0 aliphatic heterocycles. The Hall–Kier alpha value is -1.14. The van der Waals surface area contributed by atoms with Crippen LogP contribution in [-0.4, -0.2) is 21.1 Å². The molecular weight excluding hydrogens is 224 g/mol. The van der Waals surface area contributed by atoms with Crippen LogP contribution in [0.1, 0.15) is 24.7 Å². The lowest BCUT2D eigenvalue weighted by Gasteiger charge is -2.09. The molecule has 0 saturated carbocycles. The minimum Gasteiger partial charge on any atom is -0.294 e. The van der Waals surface area contributed by atoms with E-state index in [2.05, 4.69) is 15.4 Å². The Morgan fingerprint density at radius 3 is 2.56 bits per heavy atom. The Balaban J connectivity index is 2.62. The molecule has 0 saturated heterocycles. The van der Waals surface area contributed by atoms with Crippen LogP contribution >= 0.6 is 11.8 Å². The third-order valence-corrected chi connectivity index (χ3v) is 2.86. The van der Waals surface area contributed by atoms with Crippen LogP contribution in [0.4, 0.5) is 0 Å². The van der Waals surface area contributed by atoms with Crippen molar-refractivity contribution < 1.29 is 4.79 Å². The van der Waals surface area contributed by atoms with Crippen molar-refractivity contribution in [1.29, 1.82) is 0 Å². The smallest absolute Gasteiger partial charge is 0.234 e. The fraction of sp³-hybridized carbons (Fsp3) is 0.500. The summed E-state index contributed by atoms with van der Waals surface area (Å²) in [6.45, 7) is 5.80. The van der Waals surface area contributed by atoms with Crippen LogP contribution in [0, 0.1) is 13.8 Å². The molecule has 0 radical (unpaired) electrons. The molecule has 0 aliphatic carbocycles. The first-order chi connectivity index (χ1) is 7.51. The normalized spacial score (nSPS) is 12.2. The van der Waals surface area contributed by atoms with Crippen molar-refractivity contribution in [2.45, 2.75) is 37.6 Å². The van der Waals surface area contributed by atoms with Crippen LogP contribution in [0.25, 0.3) is 0 Å². The number of hydrogen-bond donors (Lipinski definition) is 2. The van der Waals surface area contributed by atoms with Gasteiger partial charge in [-0.15, -0.1) is 0 Å². The van der Waals surface area contributed by atoms with E-state index in [-0.39, 0.29) is 11.2 Å². The number of aromatic nitrogens is 2. The Morgan fingerprint density at radius 1 is 1.50 bits per heavy atom. The molecule has 0 fully saturated rings. The lowest BCUT2D eigenvalue weighted by molar-refractivity contribution is -0.121. The van der Waals surface area contributed by atoms with Crippen LogP contribution in [0.15, 0.2) is 11.2 Å². The maximum atomic E-state index is 11.1. The Kier molecular flexibility index (Phi) is 4.70. The predicted octanol–water partition coefficient (Wildman–Crippen LogP) is 0.954. The second-order valence-corrected chi connectivity index (χ2v) is 5.04. The molecule has 0 aliphatic rings. The molecule has 1 heterocycles. The Morgan fingerprint density at radius 2 is 2.06 bits per heavy atom. The number of carbonyl (C=O) groups is 1. The fourth-order valence-corrected chi connectivity index (χ4v) is 2.28. The van der Waals surface area contributed by atoms with Crippen LogP contribution in [-0.2, 0) is 4.79 Å². The van der Waals surface area contributed by atoms with Crippen LogP contribution in [0.3, 0.4) is 0 Å². The van der Waals surface area contributed by atoms with Crippen molar-refractivity contribution in [3.05, 3.63) is 17.5 Å². The number of amides is 1. The van der Waals surface area contributed by atoms with E-state index in [1.54, 1.807) is 0 Å². The highest BCUT2D eigenvalue weighted by Crippen LogP contribution is 2.21. The zero-order valence-electron chi connectivity index (χ0n) is 9.65. The minimum absolute atomic E-state index is 0.102. The standard InChI is InChI=1S/C10H16N4OS/c1-6-4-7(2)13-10(12-6)16-8(3)5-9(15)14-11/h4,8H,5,11H2,1-3H3,(H,14,15). The minimum atomic E-state index is -0.177. The lowest BCUT2D eigenvalue weighted by Crippen LogP contribution is -2.31. The first kappa shape index (κ1) is 12.9. The van der Waals surface area contributed by atoms with Crippen molar-refractivity contribution in [2.24, 2.45) is 5.84 Å². The third kappa shape index (κ3) is 4.16. The topological polar surface area (TPSA) is 80.9 Å². The van der Waals surface area contributed by atoms with E-state index in [9.17, 15) is 4.79 Å². The summed E-state index contributed by atoms with van der Waals surface area (Å²) in [7, 11) is 0. The number of thioether (sulfide) groups is 1. The summed E-state index contributed by atoms with van der Waals surface area (Å²) in [6, 6.07) is 1.92. The van der Waals surface area contributed by atoms with Gasteiger partial charge in [-0.3, -0.25) is 10.2 Å². The van der Waals surface area contributed by atoms with Gasteiger partial charge in [0.25, 0.3) is 0 Å². The van der Waals surface area contributed by atoms with Gasteiger partial charge in [-0.05, 0) is 19.9 Å². The predicted molar refractivity (Wildman–Crippen MR) is 63.8 cm³/mol. The summed E-state index contributed by atoms with van der Waals surface area (Å²) in [5.41, 5.74) is 3.98. The average molecular weight is 240 g/mol. The highest BCUT2D eigenvalue weighted by atomic mass is 32.2. The third-order valence-electron chi connectivity index (χ3n) is 1.90. The van der Waals surface area contributed by atoms with E-state index in [4.69, 9.17) is 5.84 Å². The quantitative estimate of drug-likeness (QED) is 0.269. The summed E-state index contributed by atoms with van der Waals surface area (Å²) >= 11 is 1.48. The first-order valence-corrected chi connectivity index (χ1v) is 5.87. The number of nitrogens with two attached hydrogens (primary N) is 1. The van der Waals surface area contributed by atoms with Gasteiger partial charge >= 0.3 is 0 Å². The molecule has 1 amide bonds. The summed E-state index contributed by atoms with van der Waals surface area (Å²) < 4.78 is 0. The van der Waals surface area contributed by atoms with E-state index >= 15 is 0 Å². The van der Waals surface area contributed by atoms with Gasteiger partial charge in [-0.1, -0.05) is 18.7 Å². The zero-order chi connectivity index (χ0) is 12.1. The molecule has 1 unspecified atom stereocenters. The number of hydrazine groups is 1. The van der Waals surface area contributed by atoms with Crippen molar-refractivity contribution in [2.75, 3.05) is 0 Å².